The van der Waals surface area contributed by atoms with E-state index >= 15 is 0 Å². The third-order valence-electron chi connectivity index (χ3n) is 1.96. The van der Waals surface area contributed by atoms with E-state index < -0.39 is 6.67 Å². The fourth-order valence-corrected chi connectivity index (χ4v) is 1.32. The molecule has 1 aromatic rings. The zero-order valence-electron chi connectivity index (χ0n) is 7.46. The smallest absolute Gasteiger partial charge is 0.203 e. The van der Waals surface area contributed by atoms with E-state index in [-0.39, 0.29) is 19.0 Å². The average Bonchev–Trinajstić information content (AvgIpc) is 2.57. The molecular weight excluding hydrogens is 187 g/mol. The molecule has 0 atom stereocenters. The first-order chi connectivity index (χ1) is 6.81. The van der Waals surface area contributed by atoms with Gasteiger partial charge in [-0.1, -0.05) is 0 Å². The molecule has 0 saturated carbocycles. The molecule has 74 valence electrons. The Morgan fingerprint density at radius 1 is 1.50 bits per heavy atom. The number of hydrogen-bond donors (Lipinski definition) is 0. The summed E-state index contributed by atoms with van der Waals surface area (Å²) in [7, 11) is 0. The lowest BCUT2D eigenvalue weighted by Crippen LogP contribution is -1.99. The molecule has 0 spiro atoms. The summed E-state index contributed by atoms with van der Waals surface area (Å²) in [6, 6.07) is 4.88. The van der Waals surface area contributed by atoms with Gasteiger partial charge in [0.05, 0.1) is 5.56 Å². The Morgan fingerprint density at radius 3 is 3.14 bits per heavy atom. The van der Waals surface area contributed by atoms with Crippen molar-refractivity contribution in [3.63, 3.8) is 0 Å². The summed E-state index contributed by atoms with van der Waals surface area (Å²) < 4.78 is 22.0. The molecule has 0 radical (unpaired) electrons. The van der Waals surface area contributed by atoms with E-state index in [0.717, 1.165) is 0 Å². The number of carbonyl (C=O) groups excluding carboxylic acids is 1. The lowest BCUT2D eigenvalue weighted by Gasteiger charge is -2.04. The minimum atomic E-state index is -0.531. The number of fused-ring (bicyclic) bond motifs is 1. The predicted octanol–water partition coefficient (Wildman–Crippen LogP) is 1.61. The van der Waals surface area contributed by atoms with E-state index in [1.165, 1.54) is 0 Å². The van der Waals surface area contributed by atoms with Gasteiger partial charge in [0, 0.05) is 6.07 Å². The molecule has 0 aromatic heterocycles. The lowest BCUT2D eigenvalue weighted by molar-refractivity contribution is 0.0961. The monoisotopic (exact) mass is 196 g/mol. The van der Waals surface area contributed by atoms with Gasteiger partial charge in [0.2, 0.25) is 5.78 Å². The van der Waals surface area contributed by atoms with Crippen LogP contribution in [0.2, 0.25) is 0 Å². The van der Waals surface area contributed by atoms with Crippen molar-refractivity contribution >= 4 is 5.78 Å². The summed E-state index contributed by atoms with van der Waals surface area (Å²) in [4.78, 5) is 11.2. The van der Waals surface area contributed by atoms with Crippen LogP contribution in [-0.2, 0) is 0 Å². The third-order valence-corrected chi connectivity index (χ3v) is 1.96. The second-order valence-electron chi connectivity index (χ2n) is 2.91. The Labute approximate surface area is 80.4 Å². The first-order valence-corrected chi connectivity index (χ1v) is 4.30. The number of alkyl halides is 1. The molecule has 3 nitrogen and oxygen atoms in total. The zero-order valence-corrected chi connectivity index (χ0v) is 7.46. The highest BCUT2D eigenvalue weighted by Gasteiger charge is 2.21. The largest absolute Gasteiger partial charge is 0.491 e. The number of benzene rings is 1. The van der Waals surface area contributed by atoms with E-state index in [4.69, 9.17) is 9.47 Å². The number of ether oxygens (including phenoxy) is 2. The van der Waals surface area contributed by atoms with Crippen molar-refractivity contribution in [2.75, 3.05) is 19.9 Å². The molecule has 0 aliphatic carbocycles. The maximum Gasteiger partial charge on any atom is 0.203 e. The van der Waals surface area contributed by atoms with E-state index in [0.29, 0.717) is 17.1 Å². The predicted molar refractivity (Wildman–Crippen MR) is 47.7 cm³/mol. The fourth-order valence-electron chi connectivity index (χ4n) is 1.32. The Hall–Kier alpha value is -1.58. The Morgan fingerprint density at radius 2 is 2.36 bits per heavy atom. The summed E-state index contributed by atoms with van der Waals surface area (Å²) in [6.45, 7) is -0.425. The number of rotatable bonds is 3. The molecule has 1 heterocycles. The van der Waals surface area contributed by atoms with Gasteiger partial charge in [-0.2, -0.15) is 0 Å². The van der Waals surface area contributed by atoms with Crippen LogP contribution in [0.15, 0.2) is 18.2 Å². The van der Waals surface area contributed by atoms with Crippen LogP contribution >= 0.6 is 0 Å². The van der Waals surface area contributed by atoms with Crippen LogP contribution in [0.5, 0.6) is 11.5 Å². The van der Waals surface area contributed by atoms with Gasteiger partial charge in [-0.25, -0.2) is 4.39 Å². The summed E-state index contributed by atoms with van der Waals surface area (Å²) >= 11 is 0. The second kappa shape index (κ2) is 3.65. The summed E-state index contributed by atoms with van der Waals surface area (Å²) in [5.41, 5.74) is 0.567. The van der Waals surface area contributed by atoms with Gasteiger partial charge in [0.1, 0.15) is 24.8 Å². The van der Waals surface area contributed by atoms with Crippen LogP contribution in [-0.4, -0.2) is 25.7 Å². The first-order valence-electron chi connectivity index (χ1n) is 4.30. The molecule has 0 fully saturated rings. The number of ketones is 1. The van der Waals surface area contributed by atoms with Crippen LogP contribution in [0.3, 0.4) is 0 Å². The Balaban J connectivity index is 2.19. The molecule has 0 unspecified atom stereocenters. The molecule has 1 aromatic carbocycles. The molecule has 0 amide bonds. The van der Waals surface area contributed by atoms with Crippen LogP contribution in [0.4, 0.5) is 4.39 Å². The standard InChI is InChI=1S/C10H9FO3/c11-3-4-13-7-1-2-8-9(12)6-14-10(8)5-7/h1-2,5H,3-4,6H2. The van der Waals surface area contributed by atoms with Crippen molar-refractivity contribution in [1.29, 1.82) is 0 Å². The zero-order chi connectivity index (χ0) is 9.97. The minimum absolute atomic E-state index is 0.0206. The van der Waals surface area contributed by atoms with Gasteiger partial charge in [0.15, 0.2) is 6.61 Å². The lowest BCUT2D eigenvalue weighted by atomic mass is 10.1. The van der Waals surface area contributed by atoms with Gasteiger partial charge in [0.25, 0.3) is 0 Å². The maximum absolute atomic E-state index is 11.8. The van der Waals surface area contributed by atoms with Crippen molar-refractivity contribution < 1.29 is 18.7 Å². The van der Waals surface area contributed by atoms with Gasteiger partial charge in [-0.3, -0.25) is 4.79 Å². The molecular formula is C10H9FO3. The molecule has 1 aliphatic heterocycles. The van der Waals surface area contributed by atoms with Gasteiger partial charge in [-0.05, 0) is 12.1 Å². The van der Waals surface area contributed by atoms with E-state index in [2.05, 4.69) is 0 Å². The summed E-state index contributed by atoms with van der Waals surface area (Å²) in [5, 5.41) is 0. The molecule has 0 saturated heterocycles. The highest BCUT2D eigenvalue weighted by Crippen LogP contribution is 2.29. The minimum Gasteiger partial charge on any atom is -0.491 e. The number of hydrogen-bond acceptors (Lipinski definition) is 3. The summed E-state index contributed by atoms with van der Waals surface area (Å²) in [6.07, 6.45) is 0. The topological polar surface area (TPSA) is 35.5 Å². The number of carbonyl (C=O) groups is 1. The third kappa shape index (κ3) is 1.55. The first kappa shape index (κ1) is 8.99. The second-order valence-corrected chi connectivity index (χ2v) is 2.91. The maximum atomic E-state index is 11.8. The molecule has 1 aliphatic rings. The van der Waals surface area contributed by atoms with E-state index in [1.807, 2.05) is 0 Å². The molecule has 0 bridgehead atoms. The van der Waals surface area contributed by atoms with Crippen LogP contribution in [0.25, 0.3) is 0 Å². The van der Waals surface area contributed by atoms with Crippen LogP contribution in [0.1, 0.15) is 10.4 Å². The highest BCUT2D eigenvalue weighted by atomic mass is 19.1. The average molecular weight is 196 g/mol. The van der Waals surface area contributed by atoms with Crippen molar-refractivity contribution in [3.8, 4) is 11.5 Å². The quantitative estimate of drug-likeness (QED) is 0.736. The molecule has 14 heavy (non-hydrogen) atoms. The molecule has 4 heteroatoms. The Kier molecular flexibility index (Phi) is 2.35. The fraction of sp³-hybridized carbons (Fsp3) is 0.300. The number of halogens is 1. The van der Waals surface area contributed by atoms with Crippen molar-refractivity contribution in [3.05, 3.63) is 23.8 Å². The SMILES string of the molecule is O=C1COc2cc(OCCF)ccc21. The highest BCUT2D eigenvalue weighted by molar-refractivity contribution is 6.02. The van der Waals surface area contributed by atoms with Gasteiger partial charge in [-0.15, -0.1) is 0 Å². The van der Waals surface area contributed by atoms with Crippen molar-refractivity contribution in [2.45, 2.75) is 0 Å². The van der Waals surface area contributed by atoms with Gasteiger partial charge < -0.3 is 9.47 Å². The van der Waals surface area contributed by atoms with Crippen molar-refractivity contribution in [1.82, 2.24) is 0 Å². The number of Topliss-reactive ketones (excluding diaryl/α,β-unsaturated/α-hetero) is 1. The van der Waals surface area contributed by atoms with Crippen molar-refractivity contribution in [2.24, 2.45) is 0 Å². The Bertz CT molecular complexity index is 362. The molecule has 0 N–H and O–H groups in total. The summed E-state index contributed by atoms with van der Waals surface area (Å²) in [5.74, 6) is 1.01. The molecule has 2 rings (SSSR count). The van der Waals surface area contributed by atoms with E-state index in [1.54, 1.807) is 18.2 Å². The van der Waals surface area contributed by atoms with Gasteiger partial charge >= 0.3 is 0 Å². The van der Waals surface area contributed by atoms with E-state index in [9.17, 15) is 9.18 Å². The van der Waals surface area contributed by atoms with Crippen LogP contribution < -0.4 is 9.47 Å². The normalized spacial score (nSPS) is 13.6. The van der Waals surface area contributed by atoms with Crippen LogP contribution in [0, 0.1) is 0 Å².